The fourth-order valence-electron chi connectivity index (χ4n) is 1.96. The van der Waals surface area contributed by atoms with E-state index in [2.05, 4.69) is 31.9 Å². The maximum atomic E-state index is 12.5. The number of rotatable bonds is 4. The van der Waals surface area contributed by atoms with Gasteiger partial charge < -0.3 is 4.74 Å². The Kier molecular flexibility index (Phi) is 5.00. The SMILES string of the molecule is CCOc1ccc(C(=O)c2cc(C)cc(Br)c2)c(Br)c1. The summed E-state index contributed by atoms with van der Waals surface area (Å²) in [6.07, 6.45) is 0. The molecule has 2 aromatic rings. The summed E-state index contributed by atoms with van der Waals surface area (Å²) in [4.78, 5) is 12.5. The van der Waals surface area contributed by atoms with Crippen LogP contribution in [-0.4, -0.2) is 12.4 Å². The number of ether oxygens (including phenoxy) is 1. The van der Waals surface area contributed by atoms with Crippen molar-refractivity contribution in [2.75, 3.05) is 6.61 Å². The summed E-state index contributed by atoms with van der Waals surface area (Å²) in [5.41, 5.74) is 2.34. The second kappa shape index (κ2) is 6.55. The van der Waals surface area contributed by atoms with Gasteiger partial charge >= 0.3 is 0 Å². The molecule has 0 amide bonds. The normalized spacial score (nSPS) is 10.4. The second-order valence-corrected chi connectivity index (χ2v) is 6.19. The molecule has 0 heterocycles. The Morgan fingerprint density at radius 2 is 1.90 bits per heavy atom. The Morgan fingerprint density at radius 3 is 2.50 bits per heavy atom. The van der Waals surface area contributed by atoms with Crippen LogP contribution in [-0.2, 0) is 0 Å². The molecule has 0 N–H and O–H groups in total. The number of carbonyl (C=O) groups is 1. The lowest BCUT2D eigenvalue weighted by molar-refractivity contribution is 0.103. The van der Waals surface area contributed by atoms with Crippen molar-refractivity contribution in [3.05, 3.63) is 62.0 Å². The maximum Gasteiger partial charge on any atom is 0.194 e. The van der Waals surface area contributed by atoms with Gasteiger partial charge in [-0.2, -0.15) is 0 Å². The molecule has 0 unspecified atom stereocenters. The predicted molar refractivity (Wildman–Crippen MR) is 87.6 cm³/mol. The number of halogens is 2. The van der Waals surface area contributed by atoms with Gasteiger partial charge in [0.15, 0.2) is 5.78 Å². The van der Waals surface area contributed by atoms with Crippen molar-refractivity contribution in [2.45, 2.75) is 13.8 Å². The standard InChI is InChI=1S/C16H14Br2O2/c1-3-20-13-4-5-14(15(18)9-13)16(19)11-6-10(2)7-12(17)8-11/h4-9H,3H2,1-2H3. The predicted octanol–water partition coefficient (Wildman–Crippen LogP) is 5.15. The van der Waals surface area contributed by atoms with E-state index in [-0.39, 0.29) is 5.78 Å². The molecule has 0 saturated heterocycles. The van der Waals surface area contributed by atoms with Crippen molar-refractivity contribution in [3.63, 3.8) is 0 Å². The lowest BCUT2D eigenvalue weighted by Gasteiger charge is -2.08. The summed E-state index contributed by atoms with van der Waals surface area (Å²) in [5, 5.41) is 0. The minimum atomic E-state index is -0.00989. The van der Waals surface area contributed by atoms with Gasteiger partial charge in [-0.05, 0) is 71.7 Å². The molecule has 0 saturated carbocycles. The topological polar surface area (TPSA) is 26.3 Å². The average molecular weight is 398 g/mol. The first-order valence-electron chi connectivity index (χ1n) is 6.25. The van der Waals surface area contributed by atoms with Crippen LogP contribution in [0.5, 0.6) is 5.75 Å². The number of carbonyl (C=O) groups excluding carboxylic acids is 1. The zero-order valence-corrected chi connectivity index (χ0v) is 14.4. The van der Waals surface area contributed by atoms with Crippen LogP contribution < -0.4 is 4.74 Å². The highest BCUT2D eigenvalue weighted by atomic mass is 79.9. The van der Waals surface area contributed by atoms with Crippen LogP contribution in [0.15, 0.2) is 45.3 Å². The highest BCUT2D eigenvalue weighted by Gasteiger charge is 2.14. The van der Waals surface area contributed by atoms with E-state index in [0.717, 1.165) is 20.3 Å². The molecule has 0 aliphatic heterocycles. The fraction of sp³-hybridized carbons (Fsp3) is 0.188. The summed E-state index contributed by atoms with van der Waals surface area (Å²) in [7, 11) is 0. The number of hydrogen-bond acceptors (Lipinski definition) is 2. The van der Waals surface area contributed by atoms with E-state index in [0.29, 0.717) is 17.7 Å². The monoisotopic (exact) mass is 396 g/mol. The summed E-state index contributed by atoms with van der Waals surface area (Å²) < 4.78 is 7.06. The zero-order chi connectivity index (χ0) is 14.7. The lowest BCUT2D eigenvalue weighted by atomic mass is 10.0. The second-order valence-electron chi connectivity index (χ2n) is 4.42. The maximum absolute atomic E-state index is 12.5. The summed E-state index contributed by atoms with van der Waals surface area (Å²) >= 11 is 6.86. The van der Waals surface area contributed by atoms with E-state index < -0.39 is 0 Å². The van der Waals surface area contributed by atoms with Gasteiger partial charge in [0.05, 0.1) is 6.61 Å². The molecular formula is C16H14Br2O2. The third-order valence-corrected chi connectivity index (χ3v) is 3.91. The van der Waals surface area contributed by atoms with Crippen LogP contribution in [0.25, 0.3) is 0 Å². The molecule has 2 nitrogen and oxygen atoms in total. The highest BCUT2D eigenvalue weighted by Crippen LogP contribution is 2.26. The molecule has 0 atom stereocenters. The first-order chi connectivity index (χ1) is 9.51. The Balaban J connectivity index is 2.38. The number of aryl methyl sites for hydroxylation is 1. The molecular weight excluding hydrogens is 384 g/mol. The van der Waals surface area contributed by atoms with Crippen LogP contribution >= 0.6 is 31.9 Å². The van der Waals surface area contributed by atoms with Crippen LogP contribution in [0.2, 0.25) is 0 Å². The van der Waals surface area contributed by atoms with Gasteiger partial charge in [0, 0.05) is 20.1 Å². The molecule has 0 fully saturated rings. The number of benzene rings is 2. The third-order valence-electron chi connectivity index (χ3n) is 2.80. The quantitative estimate of drug-likeness (QED) is 0.667. The first kappa shape index (κ1) is 15.3. The smallest absolute Gasteiger partial charge is 0.194 e. The van der Waals surface area contributed by atoms with Crippen LogP contribution in [0.1, 0.15) is 28.4 Å². The van der Waals surface area contributed by atoms with Gasteiger partial charge in [0.2, 0.25) is 0 Å². The van der Waals surface area contributed by atoms with Crippen LogP contribution in [0.3, 0.4) is 0 Å². The molecule has 2 aromatic carbocycles. The summed E-state index contributed by atoms with van der Waals surface area (Å²) in [6, 6.07) is 11.1. The molecule has 0 aromatic heterocycles. The molecule has 0 aliphatic carbocycles. The molecule has 0 aliphatic rings. The molecule has 4 heteroatoms. The number of ketones is 1. The molecule has 0 radical (unpaired) electrons. The van der Waals surface area contributed by atoms with Crippen LogP contribution in [0, 0.1) is 6.92 Å². The van der Waals surface area contributed by atoms with Crippen molar-refractivity contribution < 1.29 is 9.53 Å². The molecule has 2 rings (SSSR count). The van der Waals surface area contributed by atoms with Gasteiger partial charge in [-0.25, -0.2) is 0 Å². The van der Waals surface area contributed by atoms with E-state index in [1.807, 2.05) is 44.2 Å². The van der Waals surface area contributed by atoms with E-state index in [1.165, 1.54) is 0 Å². The lowest BCUT2D eigenvalue weighted by Crippen LogP contribution is -2.03. The highest BCUT2D eigenvalue weighted by molar-refractivity contribution is 9.10. The van der Waals surface area contributed by atoms with E-state index >= 15 is 0 Å². The molecule has 104 valence electrons. The van der Waals surface area contributed by atoms with E-state index in [4.69, 9.17) is 4.74 Å². The van der Waals surface area contributed by atoms with Gasteiger partial charge in [-0.3, -0.25) is 4.79 Å². The Labute approximate surface area is 135 Å². The Morgan fingerprint density at radius 1 is 1.15 bits per heavy atom. The van der Waals surface area contributed by atoms with Gasteiger partial charge in [0.1, 0.15) is 5.75 Å². The third kappa shape index (κ3) is 3.49. The van der Waals surface area contributed by atoms with Crippen molar-refractivity contribution in [1.29, 1.82) is 0 Å². The zero-order valence-electron chi connectivity index (χ0n) is 11.2. The van der Waals surface area contributed by atoms with Crippen molar-refractivity contribution in [1.82, 2.24) is 0 Å². The van der Waals surface area contributed by atoms with Gasteiger partial charge in [-0.1, -0.05) is 15.9 Å². The van der Waals surface area contributed by atoms with E-state index in [9.17, 15) is 4.79 Å². The molecule has 20 heavy (non-hydrogen) atoms. The van der Waals surface area contributed by atoms with E-state index in [1.54, 1.807) is 6.07 Å². The van der Waals surface area contributed by atoms with Crippen molar-refractivity contribution in [3.8, 4) is 5.75 Å². The van der Waals surface area contributed by atoms with Crippen LogP contribution in [0.4, 0.5) is 0 Å². The Bertz CT molecular complexity index is 631. The minimum Gasteiger partial charge on any atom is -0.494 e. The van der Waals surface area contributed by atoms with Crippen molar-refractivity contribution in [2.24, 2.45) is 0 Å². The van der Waals surface area contributed by atoms with Crippen molar-refractivity contribution >= 4 is 37.6 Å². The van der Waals surface area contributed by atoms with Gasteiger partial charge in [0.25, 0.3) is 0 Å². The first-order valence-corrected chi connectivity index (χ1v) is 7.84. The largest absolute Gasteiger partial charge is 0.494 e. The minimum absolute atomic E-state index is 0.00989. The Hall–Kier alpha value is -1.13. The number of hydrogen-bond donors (Lipinski definition) is 0. The summed E-state index contributed by atoms with van der Waals surface area (Å²) in [5.74, 6) is 0.741. The fourth-order valence-corrected chi connectivity index (χ4v) is 3.10. The molecule has 0 spiro atoms. The summed E-state index contributed by atoms with van der Waals surface area (Å²) in [6.45, 7) is 4.50. The van der Waals surface area contributed by atoms with Gasteiger partial charge in [-0.15, -0.1) is 0 Å². The average Bonchev–Trinajstić information content (AvgIpc) is 2.37. The molecule has 0 bridgehead atoms.